The first-order valence-electron chi connectivity index (χ1n) is 6.23. The molecule has 1 rings (SSSR count). The van der Waals surface area contributed by atoms with E-state index in [0.717, 1.165) is 19.5 Å². The van der Waals surface area contributed by atoms with Crippen molar-refractivity contribution in [3.8, 4) is 0 Å². The number of likely N-dealkylation sites (tertiary alicyclic amines) is 1. The predicted molar refractivity (Wildman–Crippen MR) is 70.3 cm³/mol. The van der Waals surface area contributed by atoms with E-state index in [2.05, 4.69) is 29.5 Å². The van der Waals surface area contributed by atoms with Crippen molar-refractivity contribution in [3.63, 3.8) is 0 Å². The highest BCUT2D eigenvalue weighted by molar-refractivity contribution is 5.83. The molecule has 1 aliphatic rings. The van der Waals surface area contributed by atoms with Gasteiger partial charge in [-0.1, -0.05) is 6.92 Å². The number of nitrogens with one attached hydrogen (secondary N) is 2. The third-order valence-corrected chi connectivity index (χ3v) is 3.27. The Morgan fingerprint density at radius 1 is 1.33 bits per heavy atom. The summed E-state index contributed by atoms with van der Waals surface area (Å²) in [5.74, 6) is -0.138. The van der Waals surface area contributed by atoms with E-state index in [1.165, 1.54) is 4.90 Å². The van der Waals surface area contributed by atoms with Crippen molar-refractivity contribution in [3.05, 3.63) is 0 Å². The van der Waals surface area contributed by atoms with Gasteiger partial charge in [0.1, 0.15) is 0 Å². The number of hydrogen-bond donors (Lipinski definition) is 2. The molecule has 1 aliphatic heterocycles. The highest BCUT2D eigenvalue weighted by atomic mass is 16.2. The summed E-state index contributed by atoms with van der Waals surface area (Å²) in [7, 11) is 5.37. The van der Waals surface area contributed by atoms with Crippen molar-refractivity contribution in [1.29, 1.82) is 0 Å². The Morgan fingerprint density at radius 2 is 2.00 bits per heavy atom. The maximum Gasteiger partial charge on any atom is 0.317 e. The first-order valence-corrected chi connectivity index (χ1v) is 6.23. The Hall–Kier alpha value is -1.30. The molecule has 0 aromatic heterocycles. The minimum atomic E-state index is -0.253. The fraction of sp³-hybridized carbons (Fsp3) is 0.833. The normalized spacial score (nSPS) is 23.8. The number of urea groups is 1. The second kappa shape index (κ2) is 6.04. The molecule has 0 spiro atoms. The molecule has 18 heavy (non-hydrogen) atoms. The molecule has 6 nitrogen and oxygen atoms in total. The van der Waals surface area contributed by atoms with Gasteiger partial charge in [-0.15, -0.1) is 0 Å². The van der Waals surface area contributed by atoms with Gasteiger partial charge in [-0.3, -0.25) is 4.79 Å². The summed E-state index contributed by atoms with van der Waals surface area (Å²) in [6, 6.07) is -0.253. The lowest BCUT2D eigenvalue weighted by Crippen LogP contribution is -2.44. The standard InChI is InChI=1S/C12H24N4O2/c1-12(5-6-16(4)9-12)8-14-10(17)7-13-11(18)15(2)3/h5-9H2,1-4H3,(H,13,18)(H,14,17)/t12-/m1/s1. The lowest BCUT2D eigenvalue weighted by Gasteiger charge is -2.24. The molecular weight excluding hydrogens is 232 g/mol. The summed E-state index contributed by atoms with van der Waals surface area (Å²) >= 11 is 0. The molecule has 1 fully saturated rings. The Bertz CT molecular complexity index is 319. The van der Waals surface area contributed by atoms with Crippen LogP contribution in [0.2, 0.25) is 0 Å². The monoisotopic (exact) mass is 256 g/mol. The molecular formula is C12H24N4O2. The number of hydrogen-bond acceptors (Lipinski definition) is 3. The van der Waals surface area contributed by atoms with Crippen LogP contribution in [0.25, 0.3) is 0 Å². The summed E-state index contributed by atoms with van der Waals surface area (Å²) in [4.78, 5) is 26.5. The minimum Gasteiger partial charge on any atom is -0.354 e. The first-order chi connectivity index (χ1) is 8.32. The summed E-state index contributed by atoms with van der Waals surface area (Å²) in [6.45, 7) is 4.94. The maximum absolute atomic E-state index is 11.6. The fourth-order valence-corrected chi connectivity index (χ4v) is 2.10. The van der Waals surface area contributed by atoms with Gasteiger partial charge in [0.05, 0.1) is 6.54 Å². The van der Waals surface area contributed by atoms with Crippen molar-refractivity contribution in [2.45, 2.75) is 13.3 Å². The number of amides is 3. The van der Waals surface area contributed by atoms with Crippen molar-refractivity contribution in [2.75, 3.05) is 47.3 Å². The van der Waals surface area contributed by atoms with Gasteiger partial charge in [0, 0.05) is 27.2 Å². The average molecular weight is 256 g/mol. The zero-order chi connectivity index (χ0) is 13.8. The smallest absolute Gasteiger partial charge is 0.317 e. The molecule has 6 heteroatoms. The predicted octanol–water partition coefficient (Wildman–Crippen LogP) is -0.284. The topological polar surface area (TPSA) is 64.7 Å². The molecule has 0 bridgehead atoms. The van der Waals surface area contributed by atoms with Crippen LogP contribution in [-0.4, -0.2) is 69.1 Å². The van der Waals surface area contributed by atoms with E-state index in [-0.39, 0.29) is 23.9 Å². The Balaban J connectivity index is 2.23. The van der Waals surface area contributed by atoms with Crippen LogP contribution in [0.3, 0.4) is 0 Å². The van der Waals surface area contributed by atoms with Gasteiger partial charge >= 0.3 is 6.03 Å². The van der Waals surface area contributed by atoms with E-state index in [0.29, 0.717) is 6.54 Å². The third-order valence-electron chi connectivity index (χ3n) is 3.27. The van der Waals surface area contributed by atoms with E-state index in [1.807, 2.05) is 0 Å². The van der Waals surface area contributed by atoms with Crippen LogP contribution in [0.4, 0.5) is 4.79 Å². The van der Waals surface area contributed by atoms with Crippen molar-refractivity contribution >= 4 is 11.9 Å². The van der Waals surface area contributed by atoms with Crippen molar-refractivity contribution in [2.24, 2.45) is 5.41 Å². The van der Waals surface area contributed by atoms with Gasteiger partial charge < -0.3 is 20.4 Å². The number of rotatable bonds is 4. The van der Waals surface area contributed by atoms with Crippen LogP contribution in [0.1, 0.15) is 13.3 Å². The van der Waals surface area contributed by atoms with Crippen LogP contribution < -0.4 is 10.6 Å². The average Bonchev–Trinajstić information content (AvgIpc) is 2.64. The maximum atomic E-state index is 11.6. The Kier molecular flexibility index (Phi) is 4.95. The molecule has 104 valence electrons. The molecule has 1 saturated heterocycles. The number of nitrogens with zero attached hydrogens (tertiary/aromatic N) is 2. The molecule has 1 heterocycles. The van der Waals surface area contributed by atoms with Crippen LogP contribution >= 0.6 is 0 Å². The molecule has 3 amide bonds. The SMILES string of the molecule is CN1CC[C@](C)(CNC(=O)CNC(=O)N(C)C)C1. The minimum absolute atomic E-state index is 0.0307. The fourth-order valence-electron chi connectivity index (χ4n) is 2.10. The van der Waals surface area contributed by atoms with E-state index in [4.69, 9.17) is 0 Å². The molecule has 2 N–H and O–H groups in total. The van der Waals surface area contributed by atoms with Crippen LogP contribution in [-0.2, 0) is 4.79 Å². The van der Waals surface area contributed by atoms with Crippen molar-refractivity contribution in [1.82, 2.24) is 20.4 Å². The lowest BCUT2D eigenvalue weighted by atomic mass is 9.90. The molecule has 0 saturated carbocycles. The molecule has 1 atom stereocenters. The van der Waals surface area contributed by atoms with Crippen LogP contribution in [0.5, 0.6) is 0 Å². The molecule has 0 aromatic rings. The van der Waals surface area contributed by atoms with E-state index < -0.39 is 0 Å². The van der Waals surface area contributed by atoms with Gasteiger partial charge in [0.2, 0.25) is 5.91 Å². The largest absolute Gasteiger partial charge is 0.354 e. The molecule has 0 unspecified atom stereocenters. The zero-order valence-electron chi connectivity index (χ0n) is 11.7. The number of carbonyl (C=O) groups is 2. The summed E-state index contributed by atoms with van der Waals surface area (Å²) in [5.41, 5.74) is 0.149. The Labute approximate surface area is 109 Å². The van der Waals surface area contributed by atoms with E-state index in [1.54, 1.807) is 14.1 Å². The second-order valence-electron chi connectivity index (χ2n) is 5.63. The summed E-state index contributed by atoms with van der Waals surface area (Å²) < 4.78 is 0. The van der Waals surface area contributed by atoms with Gasteiger partial charge in [0.15, 0.2) is 0 Å². The summed E-state index contributed by atoms with van der Waals surface area (Å²) in [6.07, 6.45) is 1.09. The van der Waals surface area contributed by atoms with E-state index >= 15 is 0 Å². The summed E-state index contributed by atoms with van der Waals surface area (Å²) in [5, 5.41) is 5.42. The third kappa shape index (κ3) is 4.52. The highest BCUT2D eigenvalue weighted by Crippen LogP contribution is 2.27. The van der Waals surface area contributed by atoms with Crippen molar-refractivity contribution < 1.29 is 9.59 Å². The highest BCUT2D eigenvalue weighted by Gasteiger charge is 2.32. The Morgan fingerprint density at radius 3 is 2.50 bits per heavy atom. The molecule has 0 radical (unpaired) electrons. The van der Waals surface area contributed by atoms with Gasteiger partial charge in [-0.25, -0.2) is 4.79 Å². The lowest BCUT2D eigenvalue weighted by molar-refractivity contribution is -0.120. The number of carbonyl (C=O) groups excluding carboxylic acids is 2. The van der Waals surface area contributed by atoms with Gasteiger partial charge in [-0.05, 0) is 25.4 Å². The second-order valence-corrected chi connectivity index (χ2v) is 5.63. The molecule has 0 aromatic carbocycles. The molecule has 0 aliphatic carbocycles. The first kappa shape index (κ1) is 14.8. The van der Waals surface area contributed by atoms with E-state index in [9.17, 15) is 9.59 Å². The van der Waals surface area contributed by atoms with Crippen LogP contribution in [0, 0.1) is 5.41 Å². The van der Waals surface area contributed by atoms with Crippen LogP contribution in [0.15, 0.2) is 0 Å². The van der Waals surface area contributed by atoms with Gasteiger partial charge in [0.25, 0.3) is 0 Å². The zero-order valence-corrected chi connectivity index (χ0v) is 11.7. The van der Waals surface area contributed by atoms with Gasteiger partial charge in [-0.2, -0.15) is 0 Å². The quantitative estimate of drug-likeness (QED) is 0.727.